The van der Waals surface area contributed by atoms with Crippen molar-refractivity contribution in [1.29, 1.82) is 0 Å². The fourth-order valence-corrected chi connectivity index (χ4v) is 3.64. The second-order valence-electron chi connectivity index (χ2n) is 6.12. The molecule has 0 spiro atoms. The van der Waals surface area contributed by atoms with Gasteiger partial charge < -0.3 is 15.0 Å². The quantitative estimate of drug-likeness (QED) is 0.918. The summed E-state index contributed by atoms with van der Waals surface area (Å²) in [5.41, 5.74) is 6.64. The number of fused-ring (bicyclic) bond motifs is 1. The Hall–Kier alpha value is -2.02. The lowest BCUT2D eigenvalue weighted by Gasteiger charge is -2.37. The van der Waals surface area contributed by atoms with E-state index in [1.54, 1.807) is 12.4 Å². The summed E-state index contributed by atoms with van der Waals surface area (Å²) in [6.45, 7) is 2.47. The Morgan fingerprint density at radius 2 is 2.18 bits per heavy atom. The molecule has 7 nitrogen and oxygen atoms in total. The largest absolute Gasteiger partial charge is 0.477 e. The molecular weight excluding hydrogens is 282 g/mol. The van der Waals surface area contributed by atoms with Crippen LogP contribution in [-0.2, 0) is 0 Å². The maximum Gasteiger partial charge on any atom is 0.232 e. The van der Waals surface area contributed by atoms with E-state index < -0.39 is 0 Å². The van der Waals surface area contributed by atoms with Crippen LogP contribution in [0.15, 0.2) is 16.9 Å². The standard InChI is InChI=1S/C15H19N5O2/c1-2-21-13-7-17-12(6-18-13)14-19-15(22-20-14)9-3-8-5-11(16)10(8)4-9/h6-11H,2-5,16H2,1H3/t8-,9?,10-,11+/m1/s1. The van der Waals surface area contributed by atoms with Gasteiger partial charge in [-0.2, -0.15) is 4.98 Å². The zero-order valence-corrected chi connectivity index (χ0v) is 12.5. The zero-order chi connectivity index (χ0) is 15.1. The van der Waals surface area contributed by atoms with E-state index in [1.165, 1.54) is 0 Å². The van der Waals surface area contributed by atoms with Gasteiger partial charge in [-0.1, -0.05) is 5.16 Å². The number of nitrogens with zero attached hydrogens (tertiary/aromatic N) is 4. The summed E-state index contributed by atoms with van der Waals surface area (Å²) in [6.07, 6.45) is 6.47. The zero-order valence-electron chi connectivity index (χ0n) is 12.5. The van der Waals surface area contributed by atoms with Crippen molar-refractivity contribution in [2.45, 2.75) is 38.1 Å². The van der Waals surface area contributed by atoms with E-state index in [9.17, 15) is 0 Å². The van der Waals surface area contributed by atoms with Gasteiger partial charge in [0.1, 0.15) is 5.69 Å². The molecule has 0 saturated heterocycles. The molecule has 2 aromatic heterocycles. The molecule has 4 atom stereocenters. The molecular formula is C15H19N5O2. The molecule has 0 radical (unpaired) electrons. The second kappa shape index (κ2) is 5.31. The van der Waals surface area contributed by atoms with Crippen LogP contribution in [0.2, 0.25) is 0 Å². The molecule has 1 unspecified atom stereocenters. The Bertz CT molecular complexity index is 656. The van der Waals surface area contributed by atoms with Crippen LogP contribution in [0.5, 0.6) is 5.88 Å². The third-order valence-electron chi connectivity index (χ3n) is 4.81. The van der Waals surface area contributed by atoms with Gasteiger partial charge in [-0.25, -0.2) is 9.97 Å². The van der Waals surface area contributed by atoms with E-state index in [4.69, 9.17) is 15.0 Å². The van der Waals surface area contributed by atoms with E-state index in [2.05, 4.69) is 20.1 Å². The lowest BCUT2D eigenvalue weighted by atomic mass is 9.72. The van der Waals surface area contributed by atoms with Crippen LogP contribution < -0.4 is 10.5 Å². The first kappa shape index (κ1) is 13.6. The number of rotatable bonds is 4. The van der Waals surface area contributed by atoms with Crippen LogP contribution in [0.1, 0.15) is 38.0 Å². The van der Waals surface area contributed by atoms with E-state index in [0.717, 1.165) is 25.2 Å². The van der Waals surface area contributed by atoms with Crippen LogP contribution in [0, 0.1) is 11.8 Å². The van der Waals surface area contributed by atoms with Gasteiger partial charge in [-0.05, 0) is 38.0 Å². The molecule has 2 aliphatic carbocycles. The third-order valence-corrected chi connectivity index (χ3v) is 4.81. The number of ether oxygens (including phenoxy) is 1. The number of nitrogens with two attached hydrogens (primary N) is 1. The first-order chi connectivity index (χ1) is 10.7. The molecule has 0 amide bonds. The molecule has 2 aliphatic rings. The highest BCUT2D eigenvalue weighted by atomic mass is 16.5. The van der Waals surface area contributed by atoms with Gasteiger partial charge in [-0.15, -0.1) is 0 Å². The minimum absolute atomic E-state index is 0.334. The minimum Gasteiger partial charge on any atom is -0.477 e. The Labute approximate surface area is 128 Å². The Morgan fingerprint density at radius 1 is 1.27 bits per heavy atom. The Kier molecular flexibility index (Phi) is 3.29. The lowest BCUT2D eigenvalue weighted by molar-refractivity contribution is 0.173. The van der Waals surface area contributed by atoms with E-state index >= 15 is 0 Å². The smallest absolute Gasteiger partial charge is 0.232 e. The van der Waals surface area contributed by atoms with Gasteiger partial charge in [0.2, 0.25) is 17.6 Å². The topological polar surface area (TPSA) is 100.0 Å². The molecule has 7 heteroatoms. The van der Waals surface area contributed by atoms with Gasteiger partial charge in [0, 0.05) is 12.0 Å². The monoisotopic (exact) mass is 301 g/mol. The summed E-state index contributed by atoms with van der Waals surface area (Å²) >= 11 is 0. The number of hydrogen-bond acceptors (Lipinski definition) is 7. The first-order valence-corrected chi connectivity index (χ1v) is 7.79. The van der Waals surface area contributed by atoms with Gasteiger partial charge in [0.05, 0.1) is 19.0 Å². The maximum absolute atomic E-state index is 6.04. The normalized spacial score (nSPS) is 29.9. The maximum atomic E-state index is 6.04. The van der Waals surface area contributed by atoms with E-state index in [-0.39, 0.29) is 0 Å². The van der Waals surface area contributed by atoms with Crippen molar-refractivity contribution in [1.82, 2.24) is 20.1 Å². The SMILES string of the molecule is CCOc1cnc(-c2noc(C3C[C@@H]4C[C@H](N)[C@@H]4C3)n2)cn1. The van der Waals surface area contributed by atoms with E-state index in [1.807, 2.05) is 6.92 Å². The highest BCUT2D eigenvalue weighted by Gasteiger charge is 2.47. The van der Waals surface area contributed by atoms with Crippen LogP contribution >= 0.6 is 0 Å². The highest BCUT2D eigenvalue weighted by Crippen LogP contribution is 2.52. The molecule has 0 aromatic carbocycles. The molecule has 2 saturated carbocycles. The van der Waals surface area contributed by atoms with Crippen molar-refractivity contribution < 1.29 is 9.26 Å². The second-order valence-corrected chi connectivity index (χ2v) is 6.12. The molecule has 22 heavy (non-hydrogen) atoms. The van der Waals surface area contributed by atoms with Crippen molar-refractivity contribution >= 4 is 0 Å². The van der Waals surface area contributed by atoms with Crippen LogP contribution in [0.3, 0.4) is 0 Å². The van der Waals surface area contributed by atoms with Gasteiger partial charge >= 0.3 is 0 Å². The molecule has 2 heterocycles. The molecule has 2 N–H and O–H groups in total. The predicted octanol–water partition coefficient (Wildman–Crippen LogP) is 1.77. The Morgan fingerprint density at radius 3 is 2.86 bits per heavy atom. The molecule has 116 valence electrons. The van der Waals surface area contributed by atoms with Crippen LogP contribution in [0.4, 0.5) is 0 Å². The third kappa shape index (κ3) is 2.25. The van der Waals surface area contributed by atoms with Crippen molar-refractivity contribution in [3.05, 3.63) is 18.3 Å². The molecule has 2 aromatic rings. The Balaban J connectivity index is 1.49. The fraction of sp³-hybridized carbons (Fsp3) is 0.600. The average molecular weight is 301 g/mol. The molecule has 0 aliphatic heterocycles. The van der Waals surface area contributed by atoms with Crippen molar-refractivity contribution in [2.24, 2.45) is 17.6 Å². The lowest BCUT2D eigenvalue weighted by Crippen LogP contribution is -2.44. The van der Waals surface area contributed by atoms with E-state index in [0.29, 0.717) is 47.8 Å². The molecule has 4 rings (SSSR count). The van der Waals surface area contributed by atoms with Crippen molar-refractivity contribution in [3.63, 3.8) is 0 Å². The van der Waals surface area contributed by atoms with Crippen molar-refractivity contribution in [3.8, 4) is 17.4 Å². The minimum atomic E-state index is 0.334. The molecule has 0 bridgehead atoms. The van der Waals surface area contributed by atoms with Crippen LogP contribution in [-0.4, -0.2) is 32.8 Å². The summed E-state index contributed by atoms with van der Waals surface area (Å²) in [4.78, 5) is 12.9. The average Bonchev–Trinajstić information content (AvgIpc) is 3.12. The van der Waals surface area contributed by atoms with Gasteiger partial charge in [0.15, 0.2) is 0 Å². The van der Waals surface area contributed by atoms with Crippen molar-refractivity contribution in [2.75, 3.05) is 6.61 Å². The van der Waals surface area contributed by atoms with Gasteiger partial charge in [0.25, 0.3) is 0 Å². The number of hydrogen-bond donors (Lipinski definition) is 1. The first-order valence-electron chi connectivity index (χ1n) is 7.79. The summed E-state index contributed by atoms with van der Waals surface area (Å²) < 4.78 is 10.7. The summed E-state index contributed by atoms with van der Waals surface area (Å²) in [6, 6.07) is 0.356. The number of aromatic nitrogens is 4. The van der Waals surface area contributed by atoms with Gasteiger partial charge in [-0.3, -0.25) is 0 Å². The predicted molar refractivity (Wildman–Crippen MR) is 78.0 cm³/mol. The summed E-state index contributed by atoms with van der Waals surface area (Å²) in [5, 5.41) is 4.04. The summed E-state index contributed by atoms with van der Waals surface area (Å²) in [7, 11) is 0. The highest BCUT2D eigenvalue weighted by molar-refractivity contribution is 5.46. The van der Waals surface area contributed by atoms with Crippen LogP contribution in [0.25, 0.3) is 11.5 Å². The summed E-state index contributed by atoms with van der Waals surface area (Å²) in [5.74, 6) is 3.38. The fourth-order valence-electron chi connectivity index (χ4n) is 3.64. The molecule has 2 fully saturated rings.